The van der Waals surface area contributed by atoms with Crippen LogP contribution in [-0.2, 0) is 19.1 Å². The van der Waals surface area contributed by atoms with Gasteiger partial charge in [-0.05, 0) is 89.9 Å². The maximum Gasteiger partial charge on any atom is 0.256 e. The third kappa shape index (κ3) is 6.31. The van der Waals surface area contributed by atoms with Crippen LogP contribution in [0.1, 0.15) is 77.0 Å². The lowest BCUT2D eigenvalue weighted by molar-refractivity contribution is -0.200. The standard InChI is InChI=1S/C34H55N5O4/c1-37-14-4-8-25(37)11-13-35-28-10-9-26-31-33(28)43-30-21-24-7-3-2-6-23(24)20-29(30)39(31)22-27(32(26)40)34(41)36-12-5-15-38-16-18-42-19-17-38/h22-26,28-31,33,35H,2-21H2,1H3,(H,36,41). The number of carbonyl (C=O) groups excluding carboxylic acids is 2. The number of hydrogen-bond acceptors (Lipinski definition) is 8. The van der Waals surface area contributed by atoms with Crippen molar-refractivity contribution >= 4 is 11.7 Å². The molecule has 7 rings (SSSR count). The van der Waals surface area contributed by atoms with Crippen molar-refractivity contribution in [3.05, 3.63) is 11.8 Å². The Morgan fingerprint density at radius 3 is 2.58 bits per heavy atom. The zero-order valence-electron chi connectivity index (χ0n) is 26.4. The predicted molar refractivity (Wildman–Crippen MR) is 166 cm³/mol. The van der Waals surface area contributed by atoms with Gasteiger partial charge < -0.3 is 29.9 Å². The molecule has 0 aromatic heterocycles. The number of Topliss-reactive ketones (excluding diaryl/α,β-unsaturated/α-hetero) is 1. The molecular weight excluding hydrogens is 542 g/mol. The molecule has 3 saturated carbocycles. The molecule has 0 radical (unpaired) electrons. The summed E-state index contributed by atoms with van der Waals surface area (Å²) in [5.41, 5.74) is 0.383. The third-order valence-electron chi connectivity index (χ3n) is 12.3. The summed E-state index contributed by atoms with van der Waals surface area (Å²) >= 11 is 0. The van der Waals surface area contributed by atoms with Crippen LogP contribution in [0, 0.1) is 17.8 Å². The van der Waals surface area contributed by atoms with Crippen LogP contribution in [0.25, 0.3) is 0 Å². The van der Waals surface area contributed by atoms with Crippen LogP contribution < -0.4 is 10.6 Å². The number of carbonyl (C=O) groups is 2. The van der Waals surface area contributed by atoms with Gasteiger partial charge in [-0.1, -0.05) is 25.7 Å². The number of likely N-dealkylation sites (tertiary alicyclic amines) is 1. The minimum Gasteiger partial charge on any atom is -0.379 e. The maximum absolute atomic E-state index is 14.0. The van der Waals surface area contributed by atoms with Crippen molar-refractivity contribution < 1.29 is 19.1 Å². The molecule has 0 aromatic carbocycles. The summed E-state index contributed by atoms with van der Waals surface area (Å²) in [4.78, 5) is 34.9. The highest BCUT2D eigenvalue weighted by atomic mass is 16.5. The summed E-state index contributed by atoms with van der Waals surface area (Å²) in [5, 5.41) is 7.03. The molecule has 3 aliphatic carbocycles. The molecule has 9 atom stereocenters. The first-order chi connectivity index (χ1) is 21.1. The van der Waals surface area contributed by atoms with E-state index in [4.69, 9.17) is 9.47 Å². The second-order valence-electron chi connectivity index (χ2n) is 14.7. The molecule has 9 heteroatoms. The third-order valence-corrected chi connectivity index (χ3v) is 12.3. The second kappa shape index (κ2) is 13.5. The van der Waals surface area contributed by atoms with Gasteiger partial charge in [0, 0.05) is 43.8 Å². The molecule has 0 aromatic rings. The highest BCUT2D eigenvalue weighted by Gasteiger charge is 2.57. The molecule has 4 heterocycles. The first-order valence-electron chi connectivity index (χ1n) is 17.8. The lowest BCUT2D eigenvalue weighted by atomic mass is 9.65. The zero-order chi connectivity index (χ0) is 29.3. The summed E-state index contributed by atoms with van der Waals surface area (Å²) in [6.07, 6.45) is 16.2. The molecule has 0 spiro atoms. The highest BCUT2D eigenvalue weighted by Crippen LogP contribution is 2.49. The second-order valence-corrected chi connectivity index (χ2v) is 14.7. The fourth-order valence-electron chi connectivity index (χ4n) is 9.89. The molecule has 9 unspecified atom stereocenters. The van der Waals surface area contributed by atoms with Gasteiger partial charge in [0.15, 0.2) is 5.78 Å². The van der Waals surface area contributed by atoms with Crippen molar-refractivity contribution in [2.24, 2.45) is 17.8 Å². The Kier molecular flexibility index (Phi) is 9.43. The molecule has 3 saturated heterocycles. The first kappa shape index (κ1) is 30.2. The van der Waals surface area contributed by atoms with E-state index in [2.05, 4.69) is 32.4 Å². The van der Waals surface area contributed by atoms with Crippen molar-refractivity contribution in [2.45, 2.75) is 113 Å². The van der Waals surface area contributed by atoms with E-state index in [0.29, 0.717) is 18.2 Å². The molecule has 4 aliphatic heterocycles. The Labute approximate surface area is 258 Å². The van der Waals surface area contributed by atoms with Crippen molar-refractivity contribution in [3.63, 3.8) is 0 Å². The van der Waals surface area contributed by atoms with Gasteiger partial charge >= 0.3 is 0 Å². The molecule has 43 heavy (non-hydrogen) atoms. The van der Waals surface area contributed by atoms with E-state index in [-0.39, 0.29) is 47.9 Å². The SMILES string of the molecule is CN1CCCC1CCNC1CCC2C(=O)C(C(=O)NCCCN3CCOCC3)=CN3C4CC5CCCCC5CC4OC1C23. The van der Waals surface area contributed by atoms with E-state index >= 15 is 0 Å². The summed E-state index contributed by atoms with van der Waals surface area (Å²) in [6.45, 7) is 7.24. The van der Waals surface area contributed by atoms with Gasteiger partial charge in [-0.2, -0.15) is 0 Å². The number of rotatable bonds is 9. The quantitative estimate of drug-likeness (QED) is 0.310. The molecule has 6 fully saturated rings. The molecular formula is C34H55N5O4. The Balaban J connectivity index is 1.06. The highest BCUT2D eigenvalue weighted by molar-refractivity contribution is 6.20. The van der Waals surface area contributed by atoms with E-state index in [1.807, 2.05) is 6.20 Å². The van der Waals surface area contributed by atoms with Crippen LogP contribution in [0.3, 0.4) is 0 Å². The number of fused-ring (bicyclic) bond motifs is 3. The van der Waals surface area contributed by atoms with Crippen molar-refractivity contribution in [2.75, 3.05) is 59.5 Å². The lowest BCUT2D eigenvalue weighted by Crippen LogP contribution is -2.71. The summed E-state index contributed by atoms with van der Waals surface area (Å²) in [7, 11) is 2.25. The van der Waals surface area contributed by atoms with Crippen LogP contribution >= 0.6 is 0 Å². The Morgan fingerprint density at radius 2 is 1.79 bits per heavy atom. The number of ether oxygens (including phenoxy) is 2. The number of ketones is 1. The monoisotopic (exact) mass is 597 g/mol. The van der Waals surface area contributed by atoms with Gasteiger partial charge in [0.1, 0.15) is 0 Å². The number of morpholine rings is 2. The number of nitrogens with zero attached hydrogens (tertiary/aromatic N) is 3. The molecule has 7 aliphatic rings. The van der Waals surface area contributed by atoms with Crippen molar-refractivity contribution in [1.82, 2.24) is 25.3 Å². The average molecular weight is 598 g/mol. The molecule has 1 amide bonds. The predicted octanol–water partition coefficient (Wildman–Crippen LogP) is 2.55. The normalized spacial score (nSPS) is 39.9. The molecule has 0 bridgehead atoms. The van der Waals surface area contributed by atoms with Gasteiger partial charge in [-0.3, -0.25) is 14.5 Å². The van der Waals surface area contributed by atoms with Crippen molar-refractivity contribution in [1.29, 1.82) is 0 Å². The number of nitrogens with one attached hydrogen (secondary N) is 2. The van der Waals surface area contributed by atoms with Crippen LogP contribution in [-0.4, -0.2) is 122 Å². The van der Waals surface area contributed by atoms with E-state index < -0.39 is 0 Å². The fourth-order valence-corrected chi connectivity index (χ4v) is 9.89. The van der Waals surface area contributed by atoms with Gasteiger partial charge in [0.2, 0.25) is 0 Å². The Hall–Kier alpha value is -1.52. The topological polar surface area (TPSA) is 86.4 Å². The van der Waals surface area contributed by atoms with Crippen molar-refractivity contribution in [3.8, 4) is 0 Å². The van der Waals surface area contributed by atoms with Gasteiger partial charge in [-0.25, -0.2) is 0 Å². The smallest absolute Gasteiger partial charge is 0.256 e. The maximum atomic E-state index is 14.0. The minimum absolute atomic E-state index is 0.000202. The lowest BCUT2D eigenvalue weighted by Gasteiger charge is -2.60. The summed E-state index contributed by atoms with van der Waals surface area (Å²) in [6, 6.07) is 1.24. The Morgan fingerprint density at radius 1 is 0.977 bits per heavy atom. The number of hydrogen-bond donors (Lipinski definition) is 2. The van der Waals surface area contributed by atoms with Crippen LogP contribution in [0.2, 0.25) is 0 Å². The number of amides is 1. The average Bonchev–Trinajstić information content (AvgIpc) is 3.44. The van der Waals surface area contributed by atoms with E-state index in [0.717, 1.165) is 83.3 Å². The van der Waals surface area contributed by atoms with Crippen LogP contribution in [0.4, 0.5) is 0 Å². The fraction of sp³-hybridized carbons (Fsp3) is 0.882. The van der Waals surface area contributed by atoms with E-state index in [1.165, 1.54) is 51.5 Å². The first-order valence-corrected chi connectivity index (χ1v) is 17.8. The Bertz CT molecular complexity index is 1030. The van der Waals surface area contributed by atoms with E-state index in [9.17, 15) is 9.59 Å². The zero-order valence-corrected chi connectivity index (χ0v) is 26.4. The van der Waals surface area contributed by atoms with Gasteiger partial charge in [0.05, 0.1) is 43.1 Å². The molecule has 9 nitrogen and oxygen atoms in total. The summed E-state index contributed by atoms with van der Waals surface area (Å²) in [5.74, 6) is 1.21. The molecule has 2 N–H and O–H groups in total. The largest absolute Gasteiger partial charge is 0.379 e. The van der Waals surface area contributed by atoms with Gasteiger partial charge in [0.25, 0.3) is 5.91 Å². The van der Waals surface area contributed by atoms with Crippen LogP contribution in [0.15, 0.2) is 11.8 Å². The van der Waals surface area contributed by atoms with E-state index in [1.54, 1.807) is 0 Å². The molecule has 240 valence electrons. The van der Waals surface area contributed by atoms with Gasteiger partial charge in [-0.15, -0.1) is 0 Å². The summed E-state index contributed by atoms with van der Waals surface area (Å²) < 4.78 is 12.6. The van der Waals surface area contributed by atoms with Crippen LogP contribution in [0.5, 0.6) is 0 Å². The minimum atomic E-state index is -0.183.